The van der Waals surface area contributed by atoms with E-state index >= 15 is 0 Å². The van der Waals surface area contributed by atoms with Crippen molar-refractivity contribution in [3.8, 4) is 0 Å². The molecule has 27 heavy (non-hydrogen) atoms. The second-order valence-electron chi connectivity index (χ2n) is 9.88. The minimum absolute atomic E-state index is 0.141. The summed E-state index contributed by atoms with van der Waals surface area (Å²) in [5.74, 6) is 3.06. The van der Waals surface area contributed by atoms with Crippen molar-refractivity contribution in [2.75, 3.05) is 19.7 Å². The molecular weight excluding hydrogens is 340 g/mol. The van der Waals surface area contributed by atoms with E-state index in [2.05, 4.69) is 17.1 Å². The number of carbonyl (C=O) groups excluding carboxylic acids is 2. The van der Waals surface area contributed by atoms with Gasteiger partial charge in [-0.05, 0) is 81.0 Å². The maximum Gasteiger partial charge on any atom is 0.407 e. The van der Waals surface area contributed by atoms with Crippen LogP contribution in [0.25, 0.3) is 0 Å². The number of hydrogen-bond donors (Lipinski definition) is 1. The number of hydrogen-bond acceptors (Lipinski definition) is 3. The summed E-state index contributed by atoms with van der Waals surface area (Å²) < 4.78 is 5.19. The molecule has 0 unspecified atom stereocenters. The third-order valence-corrected chi connectivity index (χ3v) is 7.59. The van der Waals surface area contributed by atoms with E-state index in [-0.39, 0.29) is 12.1 Å². The van der Waals surface area contributed by atoms with Crippen LogP contribution in [0.3, 0.4) is 0 Å². The molecule has 5 rings (SSSR count). The number of unbranched alkanes of at least 4 members (excludes halogenated alkanes) is 1. The van der Waals surface area contributed by atoms with Gasteiger partial charge in [0.1, 0.15) is 0 Å². The van der Waals surface area contributed by atoms with Gasteiger partial charge < -0.3 is 15.0 Å². The van der Waals surface area contributed by atoms with Crippen LogP contribution in [0.1, 0.15) is 77.6 Å². The summed E-state index contributed by atoms with van der Waals surface area (Å²) in [6.45, 7) is 4.11. The second-order valence-corrected chi connectivity index (χ2v) is 9.88. The Morgan fingerprint density at radius 1 is 1.04 bits per heavy atom. The maximum atomic E-state index is 13.0. The predicted molar refractivity (Wildman–Crippen MR) is 104 cm³/mol. The van der Waals surface area contributed by atoms with Gasteiger partial charge in [-0.15, -0.1) is 0 Å². The van der Waals surface area contributed by atoms with E-state index in [0.717, 1.165) is 62.9 Å². The third kappa shape index (κ3) is 4.43. The number of alkyl carbamates (subject to hydrolysis) is 1. The summed E-state index contributed by atoms with van der Waals surface area (Å²) in [7, 11) is 0. The summed E-state index contributed by atoms with van der Waals surface area (Å²) in [6, 6.07) is 0.141. The number of piperidine rings is 1. The highest BCUT2D eigenvalue weighted by Gasteiger charge is 2.51. The van der Waals surface area contributed by atoms with Crippen molar-refractivity contribution in [3.05, 3.63) is 0 Å². The lowest BCUT2D eigenvalue weighted by atomic mass is 9.49. The van der Waals surface area contributed by atoms with Gasteiger partial charge in [-0.3, -0.25) is 4.79 Å². The standard InChI is InChI=1S/C22H36N2O3/c1-2-3-8-27-21(26)23-19-4-6-24(7-5-19)20(25)15-22-12-16-9-17(13-22)11-18(10-16)14-22/h16-19H,2-15H2,1H3,(H,23,26). The minimum atomic E-state index is -0.304. The quantitative estimate of drug-likeness (QED) is 0.710. The smallest absolute Gasteiger partial charge is 0.407 e. The number of amides is 2. The van der Waals surface area contributed by atoms with Crippen molar-refractivity contribution in [2.45, 2.75) is 83.6 Å². The van der Waals surface area contributed by atoms with E-state index in [0.29, 0.717) is 17.9 Å². The monoisotopic (exact) mass is 376 g/mol. The van der Waals surface area contributed by atoms with Gasteiger partial charge in [0.05, 0.1) is 6.61 Å². The zero-order valence-electron chi connectivity index (χ0n) is 16.9. The van der Waals surface area contributed by atoms with Crippen LogP contribution < -0.4 is 5.32 Å². The summed E-state index contributed by atoms with van der Waals surface area (Å²) in [5.41, 5.74) is 0.323. The summed E-state index contributed by atoms with van der Waals surface area (Å²) in [5, 5.41) is 2.96. The fourth-order valence-electron chi connectivity index (χ4n) is 6.73. The molecule has 152 valence electrons. The lowest BCUT2D eigenvalue weighted by Gasteiger charge is -2.57. The van der Waals surface area contributed by atoms with Crippen LogP contribution in [-0.4, -0.2) is 42.6 Å². The molecule has 5 heteroatoms. The first-order valence-corrected chi connectivity index (χ1v) is 11.3. The van der Waals surface area contributed by atoms with Gasteiger partial charge in [0.25, 0.3) is 0 Å². The highest BCUT2D eigenvalue weighted by molar-refractivity contribution is 5.77. The lowest BCUT2D eigenvalue weighted by molar-refractivity contribution is -0.140. The van der Waals surface area contributed by atoms with Crippen LogP contribution in [0.2, 0.25) is 0 Å². The zero-order valence-corrected chi connectivity index (χ0v) is 16.9. The van der Waals surface area contributed by atoms with Gasteiger partial charge in [0, 0.05) is 25.6 Å². The van der Waals surface area contributed by atoms with E-state index in [1.165, 1.54) is 38.5 Å². The summed E-state index contributed by atoms with van der Waals surface area (Å²) in [4.78, 5) is 26.9. The van der Waals surface area contributed by atoms with Crippen LogP contribution in [0.5, 0.6) is 0 Å². The highest BCUT2D eigenvalue weighted by atomic mass is 16.5. The molecule has 0 aromatic heterocycles. The van der Waals surface area contributed by atoms with Gasteiger partial charge in [-0.1, -0.05) is 13.3 Å². The van der Waals surface area contributed by atoms with Crippen molar-refractivity contribution in [3.63, 3.8) is 0 Å². The Hall–Kier alpha value is -1.26. The zero-order chi connectivity index (χ0) is 18.9. The molecule has 0 atom stereocenters. The van der Waals surface area contributed by atoms with E-state index in [1.54, 1.807) is 0 Å². The number of likely N-dealkylation sites (tertiary alicyclic amines) is 1. The molecule has 1 aliphatic heterocycles. The van der Waals surface area contributed by atoms with Crippen LogP contribution in [0, 0.1) is 23.2 Å². The molecule has 5 nitrogen and oxygen atoms in total. The van der Waals surface area contributed by atoms with Gasteiger partial charge in [-0.25, -0.2) is 4.79 Å². The number of ether oxygens (including phenoxy) is 1. The Morgan fingerprint density at radius 3 is 2.19 bits per heavy atom. The number of nitrogens with one attached hydrogen (secondary N) is 1. The molecule has 5 aliphatic rings. The Morgan fingerprint density at radius 2 is 1.63 bits per heavy atom. The topological polar surface area (TPSA) is 58.6 Å². The summed E-state index contributed by atoms with van der Waals surface area (Å²) >= 11 is 0. The molecule has 1 saturated heterocycles. The largest absolute Gasteiger partial charge is 0.450 e. The van der Waals surface area contributed by atoms with Crippen LogP contribution in [0.4, 0.5) is 4.79 Å². The van der Waals surface area contributed by atoms with E-state index < -0.39 is 0 Å². The molecule has 0 aromatic rings. The first kappa shape index (κ1) is 19.1. The average Bonchev–Trinajstić information content (AvgIpc) is 2.61. The molecular formula is C22H36N2O3. The van der Waals surface area contributed by atoms with E-state index in [4.69, 9.17) is 4.74 Å². The Kier molecular flexibility index (Phi) is 5.65. The fourth-order valence-corrected chi connectivity index (χ4v) is 6.73. The van der Waals surface area contributed by atoms with Crippen molar-refractivity contribution in [1.29, 1.82) is 0 Å². The van der Waals surface area contributed by atoms with Crippen molar-refractivity contribution < 1.29 is 14.3 Å². The third-order valence-electron chi connectivity index (χ3n) is 7.59. The molecule has 1 N–H and O–H groups in total. The van der Waals surface area contributed by atoms with Gasteiger partial charge in [0.2, 0.25) is 5.91 Å². The van der Waals surface area contributed by atoms with Gasteiger partial charge >= 0.3 is 6.09 Å². The van der Waals surface area contributed by atoms with Crippen LogP contribution >= 0.6 is 0 Å². The van der Waals surface area contributed by atoms with Gasteiger partial charge in [0.15, 0.2) is 0 Å². The van der Waals surface area contributed by atoms with Crippen LogP contribution in [-0.2, 0) is 9.53 Å². The number of rotatable bonds is 6. The number of nitrogens with zero attached hydrogens (tertiary/aromatic N) is 1. The van der Waals surface area contributed by atoms with E-state index in [1.807, 2.05) is 0 Å². The molecule has 1 heterocycles. The second kappa shape index (κ2) is 8.00. The van der Waals surface area contributed by atoms with E-state index in [9.17, 15) is 9.59 Å². The Bertz CT molecular complexity index is 518. The molecule has 0 radical (unpaired) electrons. The molecule has 4 aliphatic carbocycles. The first-order chi connectivity index (χ1) is 13.0. The highest BCUT2D eigenvalue weighted by Crippen LogP contribution is 2.61. The molecule has 0 aromatic carbocycles. The lowest BCUT2D eigenvalue weighted by Crippen LogP contribution is -2.50. The van der Waals surface area contributed by atoms with Crippen LogP contribution in [0.15, 0.2) is 0 Å². The van der Waals surface area contributed by atoms with Gasteiger partial charge in [-0.2, -0.15) is 0 Å². The molecule has 0 spiro atoms. The normalized spacial score (nSPS) is 35.3. The molecule has 2 amide bonds. The number of carbonyl (C=O) groups is 2. The average molecular weight is 377 g/mol. The van der Waals surface area contributed by atoms with Crippen molar-refractivity contribution >= 4 is 12.0 Å². The fraction of sp³-hybridized carbons (Fsp3) is 0.909. The minimum Gasteiger partial charge on any atom is -0.450 e. The molecule has 5 fully saturated rings. The molecule has 4 saturated carbocycles. The molecule has 4 bridgehead atoms. The first-order valence-electron chi connectivity index (χ1n) is 11.3. The predicted octanol–water partition coefficient (Wildman–Crippen LogP) is 4.11. The Balaban J connectivity index is 1.22. The Labute approximate surface area is 163 Å². The SMILES string of the molecule is CCCCOC(=O)NC1CCN(C(=O)CC23CC4CC(CC(C4)C2)C3)CC1. The maximum absolute atomic E-state index is 13.0. The summed E-state index contributed by atoms with van der Waals surface area (Å²) in [6.07, 6.45) is 12.3. The van der Waals surface area contributed by atoms with Crippen molar-refractivity contribution in [2.24, 2.45) is 23.2 Å². The van der Waals surface area contributed by atoms with Crippen molar-refractivity contribution in [1.82, 2.24) is 10.2 Å².